The lowest BCUT2D eigenvalue weighted by atomic mass is 10.0. The van der Waals surface area contributed by atoms with Crippen molar-refractivity contribution < 1.29 is 9.13 Å². The fourth-order valence-corrected chi connectivity index (χ4v) is 3.89. The second-order valence-corrected chi connectivity index (χ2v) is 8.22. The molecule has 0 radical (unpaired) electrons. The number of methoxy groups -OCH3 is 1. The molecule has 3 heterocycles. The Kier molecular flexibility index (Phi) is 4.86. The van der Waals surface area contributed by atoms with Crippen molar-refractivity contribution in [1.29, 1.82) is 0 Å². The molecule has 1 aromatic carbocycles. The summed E-state index contributed by atoms with van der Waals surface area (Å²) < 4.78 is 22.8. The van der Waals surface area contributed by atoms with E-state index in [9.17, 15) is 4.39 Å². The lowest BCUT2D eigenvalue weighted by Crippen LogP contribution is -2.13. The maximum atomic E-state index is 14.0. The molecule has 3 aromatic heterocycles. The SMILES string of the molecule is COCC1(Cc2nc(-c3cncc(-c4cnn(C)c4)c3)n(-c3cccc(F)c3)n2)CC1. The first-order valence-corrected chi connectivity index (χ1v) is 10.2. The van der Waals surface area contributed by atoms with Gasteiger partial charge < -0.3 is 4.74 Å². The summed E-state index contributed by atoms with van der Waals surface area (Å²) in [7, 11) is 3.60. The minimum absolute atomic E-state index is 0.107. The van der Waals surface area contributed by atoms with Crippen LogP contribution in [0, 0.1) is 11.2 Å². The Morgan fingerprint density at radius 2 is 1.94 bits per heavy atom. The third-order valence-corrected chi connectivity index (χ3v) is 5.68. The lowest BCUT2D eigenvalue weighted by Gasteiger charge is -2.10. The van der Waals surface area contributed by atoms with E-state index in [4.69, 9.17) is 14.8 Å². The molecule has 0 aliphatic heterocycles. The van der Waals surface area contributed by atoms with Gasteiger partial charge in [-0.15, -0.1) is 0 Å². The number of hydrogen-bond donors (Lipinski definition) is 0. The van der Waals surface area contributed by atoms with Crippen LogP contribution < -0.4 is 0 Å². The molecule has 8 heteroatoms. The molecule has 0 N–H and O–H groups in total. The fourth-order valence-electron chi connectivity index (χ4n) is 3.89. The molecule has 5 rings (SSSR count). The summed E-state index contributed by atoms with van der Waals surface area (Å²) in [6.45, 7) is 0.689. The third-order valence-electron chi connectivity index (χ3n) is 5.68. The average Bonchev–Trinajstić information content (AvgIpc) is 3.17. The zero-order valence-electron chi connectivity index (χ0n) is 17.5. The summed E-state index contributed by atoms with van der Waals surface area (Å²) in [5.74, 6) is 1.04. The minimum atomic E-state index is -0.319. The molecule has 4 aromatic rings. The second kappa shape index (κ2) is 7.70. The number of nitrogens with zero attached hydrogens (tertiary/aromatic N) is 6. The molecule has 158 valence electrons. The first-order chi connectivity index (χ1) is 15.0. The van der Waals surface area contributed by atoms with E-state index in [1.165, 1.54) is 12.1 Å². The molecule has 0 spiro atoms. The van der Waals surface area contributed by atoms with Crippen LogP contribution in [0.2, 0.25) is 0 Å². The van der Waals surface area contributed by atoms with Gasteiger partial charge in [-0.2, -0.15) is 10.2 Å². The Morgan fingerprint density at radius 3 is 2.65 bits per heavy atom. The average molecular weight is 418 g/mol. The van der Waals surface area contributed by atoms with Crippen LogP contribution in [0.4, 0.5) is 4.39 Å². The lowest BCUT2D eigenvalue weighted by molar-refractivity contribution is 0.140. The third kappa shape index (κ3) is 3.98. The molecule has 0 atom stereocenters. The molecule has 0 bridgehead atoms. The molecular formula is C23H23FN6O. The molecule has 1 saturated carbocycles. The van der Waals surface area contributed by atoms with Crippen LogP contribution >= 0.6 is 0 Å². The summed E-state index contributed by atoms with van der Waals surface area (Å²) in [6.07, 6.45) is 10.2. The number of aromatic nitrogens is 6. The van der Waals surface area contributed by atoms with Gasteiger partial charge in [-0.25, -0.2) is 14.1 Å². The number of pyridine rings is 1. The maximum absolute atomic E-state index is 14.0. The van der Waals surface area contributed by atoms with Gasteiger partial charge in [0.05, 0.1) is 18.5 Å². The van der Waals surface area contributed by atoms with Crippen molar-refractivity contribution in [2.45, 2.75) is 19.3 Å². The van der Waals surface area contributed by atoms with Crippen molar-refractivity contribution in [3.05, 3.63) is 66.8 Å². The van der Waals surface area contributed by atoms with E-state index in [2.05, 4.69) is 10.1 Å². The van der Waals surface area contributed by atoms with Crippen LogP contribution in [0.25, 0.3) is 28.2 Å². The van der Waals surface area contributed by atoms with Gasteiger partial charge in [0, 0.05) is 61.3 Å². The van der Waals surface area contributed by atoms with Crippen molar-refractivity contribution in [2.75, 3.05) is 13.7 Å². The number of halogens is 1. The Labute approximate surface area is 179 Å². The largest absolute Gasteiger partial charge is 0.384 e. The standard InChI is InChI=1S/C23H23FN6O/c1-29-14-18(13-26-29)16-8-17(12-25-11-16)22-27-21(10-23(6-7-23)15-31-2)28-30(22)20-5-3-4-19(24)9-20/h3-5,8-9,11-14H,6-7,10,15H2,1-2H3. The molecular weight excluding hydrogens is 395 g/mol. The maximum Gasteiger partial charge on any atom is 0.165 e. The predicted molar refractivity (Wildman–Crippen MR) is 114 cm³/mol. The molecule has 0 unspecified atom stereocenters. The van der Waals surface area contributed by atoms with E-state index in [0.717, 1.165) is 41.8 Å². The van der Waals surface area contributed by atoms with Crippen LogP contribution in [-0.2, 0) is 18.2 Å². The zero-order valence-corrected chi connectivity index (χ0v) is 17.5. The predicted octanol–water partition coefficient (Wildman–Crippen LogP) is 3.84. The van der Waals surface area contributed by atoms with Gasteiger partial charge in [0.15, 0.2) is 11.6 Å². The van der Waals surface area contributed by atoms with Crippen molar-refractivity contribution in [2.24, 2.45) is 12.5 Å². The number of benzene rings is 1. The van der Waals surface area contributed by atoms with Gasteiger partial charge in [-0.3, -0.25) is 9.67 Å². The van der Waals surface area contributed by atoms with Gasteiger partial charge in [0.25, 0.3) is 0 Å². The Bertz CT molecular complexity index is 1230. The van der Waals surface area contributed by atoms with Gasteiger partial charge in [-0.05, 0) is 37.1 Å². The van der Waals surface area contributed by atoms with E-state index < -0.39 is 0 Å². The van der Waals surface area contributed by atoms with E-state index in [0.29, 0.717) is 18.1 Å². The van der Waals surface area contributed by atoms with Crippen molar-refractivity contribution in [3.8, 4) is 28.2 Å². The topological polar surface area (TPSA) is 70.7 Å². The fraction of sp³-hybridized carbons (Fsp3) is 0.304. The summed E-state index contributed by atoms with van der Waals surface area (Å²) in [6, 6.07) is 8.39. The zero-order chi connectivity index (χ0) is 21.4. The van der Waals surface area contributed by atoms with Crippen LogP contribution in [0.3, 0.4) is 0 Å². The van der Waals surface area contributed by atoms with Gasteiger partial charge in [0.2, 0.25) is 0 Å². The van der Waals surface area contributed by atoms with E-state index >= 15 is 0 Å². The number of hydrogen-bond acceptors (Lipinski definition) is 5. The summed E-state index contributed by atoms with van der Waals surface area (Å²) in [5, 5.41) is 8.99. The molecule has 1 aliphatic carbocycles. The van der Waals surface area contributed by atoms with E-state index in [1.54, 1.807) is 41.1 Å². The second-order valence-electron chi connectivity index (χ2n) is 8.22. The highest BCUT2D eigenvalue weighted by atomic mass is 19.1. The van der Waals surface area contributed by atoms with Gasteiger partial charge >= 0.3 is 0 Å². The highest BCUT2D eigenvalue weighted by Gasteiger charge is 2.43. The number of rotatable bonds is 7. The summed E-state index contributed by atoms with van der Waals surface area (Å²) in [4.78, 5) is 9.26. The Morgan fingerprint density at radius 1 is 1.10 bits per heavy atom. The van der Waals surface area contributed by atoms with Crippen LogP contribution in [0.15, 0.2) is 55.1 Å². The van der Waals surface area contributed by atoms with Crippen molar-refractivity contribution >= 4 is 0 Å². The van der Waals surface area contributed by atoms with Crippen molar-refractivity contribution in [1.82, 2.24) is 29.5 Å². The first kappa shape index (κ1) is 19.6. The molecule has 7 nitrogen and oxygen atoms in total. The Hall–Kier alpha value is -3.39. The van der Waals surface area contributed by atoms with Crippen LogP contribution in [0.1, 0.15) is 18.7 Å². The smallest absolute Gasteiger partial charge is 0.165 e. The van der Waals surface area contributed by atoms with E-state index in [-0.39, 0.29) is 11.2 Å². The monoisotopic (exact) mass is 418 g/mol. The summed E-state index contributed by atoms with van der Waals surface area (Å²) >= 11 is 0. The first-order valence-electron chi connectivity index (χ1n) is 10.2. The number of ether oxygens (including phenoxy) is 1. The van der Waals surface area contributed by atoms with Crippen LogP contribution in [-0.4, -0.2) is 43.2 Å². The highest BCUT2D eigenvalue weighted by Crippen LogP contribution is 2.48. The quantitative estimate of drug-likeness (QED) is 0.456. The molecule has 1 aliphatic rings. The Balaban J connectivity index is 1.58. The number of aryl methyl sites for hydroxylation is 1. The normalized spacial score (nSPS) is 14.7. The van der Waals surface area contributed by atoms with Crippen LogP contribution in [0.5, 0.6) is 0 Å². The van der Waals surface area contributed by atoms with Gasteiger partial charge in [0.1, 0.15) is 5.82 Å². The summed E-state index contributed by atoms with van der Waals surface area (Å²) in [5.41, 5.74) is 3.43. The molecule has 0 amide bonds. The van der Waals surface area contributed by atoms with Gasteiger partial charge in [-0.1, -0.05) is 6.07 Å². The highest BCUT2D eigenvalue weighted by molar-refractivity contribution is 5.68. The minimum Gasteiger partial charge on any atom is -0.384 e. The molecule has 1 fully saturated rings. The molecule has 31 heavy (non-hydrogen) atoms. The van der Waals surface area contributed by atoms with E-state index in [1.807, 2.05) is 25.4 Å². The molecule has 0 saturated heterocycles. The van der Waals surface area contributed by atoms with Crippen molar-refractivity contribution in [3.63, 3.8) is 0 Å².